The molecule has 0 saturated heterocycles. The molecule has 0 aliphatic rings. The molecule has 0 spiro atoms. The average molecular weight is 164 g/mol. The van der Waals surface area contributed by atoms with E-state index < -0.39 is 5.97 Å². The van der Waals surface area contributed by atoms with Crippen molar-refractivity contribution in [2.24, 2.45) is 0 Å². The van der Waals surface area contributed by atoms with Crippen LogP contribution in [0.2, 0.25) is 0 Å². The van der Waals surface area contributed by atoms with Crippen molar-refractivity contribution in [3.63, 3.8) is 0 Å². The van der Waals surface area contributed by atoms with Crippen LogP contribution >= 0.6 is 0 Å². The predicted octanol–water partition coefficient (Wildman–Crippen LogP) is -2.12. The average Bonchev–Trinajstić information content (AvgIpc) is 1.89. The molecule has 2 nitrogen and oxygen atoms in total. The molecule has 0 aliphatic heterocycles. The van der Waals surface area contributed by atoms with Crippen molar-refractivity contribution in [3.05, 3.63) is 11.6 Å². The van der Waals surface area contributed by atoms with E-state index in [1.165, 1.54) is 0 Å². The molecule has 0 atom stereocenters. The first-order valence-corrected chi connectivity index (χ1v) is 3.62. The number of carbonyl (C=O) groups excluding carboxylic acids is 1. The van der Waals surface area contributed by atoms with Crippen LogP contribution in [0, 0.1) is 0 Å². The maximum Gasteiger partial charge on any atom is 1.00 e. The third-order valence-electron chi connectivity index (χ3n) is 1.32. The van der Waals surface area contributed by atoms with Gasteiger partial charge in [-0.2, -0.15) is 0 Å². The van der Waals surface area contributed by atoms with E-state index in [1.54, 1.807) is 6.08 Å². The molecule has 0 heterocycles. The summed E-state index contributed by atoms with van der Waals surface area (Å²) in [7, 11) is 0. The summed E-state index contributed by atoms with van der Waals surface area (Å²) in [6.07, 6.45) is 4.10. The van der Waals surface area contributed by atoms with Crippen molar-refractivity contribution in [2.75, 3.05) is 0 Å². The fraction of sp³-hybridized carbons (Fsp3) is 0.625. The van der Waals surface area contributed by atoms with Gasteiger partial charge >= 0.3 is 29.6 Å². The Morgan fingerprint density at radius 1 is 1.45 bits per heavy atom. The topological polar surface area (TPSA) is 40.1 Å². The molecule has 0 bridgehead atoms. The van der Waals surface area contributed by atoms with E-state index in [0.717, 1.165) is 12.8 Å². The van der Waals surface area contributed by atoms with Gasteiger partial charge in [-0.3, -0.25) is 0 Å². The number of hydrogen-bond donors (Lipinski definition) is 0. The van der Waals surface area contributed by atoms with E-state index in [4.69, 9.17) is 0 Å². The van der Waals surface area contributed by atoms with Gasteiger partial charge in [0.1, 0.15) is 0 Å². The number of allylic oxidation sites excluding steroid dienone is 1. The molecule has 0 fully saturated rings. The fourth-order valence-corrected chi connectivity index (χ4v) is 0.691. The Morgan fingerprint density at radius 2 is 2.00 bits per heavy atom. The Morgan fingerprint density at radius 3 is 2.27 bits per heavy atom. The summed E-state index contributed by atoms with van der Waals surface area (Å²) >= 11 is 0. The van der Waals surface area contributed by atoms with E-state index in [2.05, 4.69) is 0 Å². The van der Waals surface area contributed by atoms with Gasteiger partial charge in [-0.25, -0.2) is 0 Å². The van der Waals surface area contributed by atoms with E-state index >= 15 is 0 Å². The summed E-state index contributed by atoms with van der Waals surface area (Å²) in [6, 6.07) is 0. The molecular formula is C8H13NaO2. The summed E-state index contributed by atoms with van der Waals surface area (Å²) in [4.78, 5) is 10.3. The molecule has 0 saturated carbocycles. The van der Waals surface area contributed by atoms with Crippen LogP contribution in [0.25, 0.3) is 0 Å². The van der Waals surface area contributed by atoms with Crippen LogP contribution < -0.4 is 34.7 Å². The van der Waals surface area contributed by atoms with Crippen LogP contribution in [0.4, 0.5) is 0 Å². The Bertz CT molecular complexity index is 141. The zero-order valence-electron chi connectivity index (χ0n) is 7.52. The van der Waals surface area contributed by atoms with Crippen molar-refractivity contribution in [1.82, 2.24) is 0 Å². The van der Waals surface area contributed by atoms with Gasteiger partial charge in [-0.05, 0) is 18.4 Å². The van der Waals surface area contributed by atoms with Crippen molar-refractivity contribution in [2.45, 2.75) is 33.1 Å². The van der Waals surface area contributed by atoms with Crippen molar-refractivity contribution in [1.29, 1.82) is 0 Å². The molecule has 0 amide bonds. The van der Waals surface area contributed by atoms with Crippen LogP contribution in [0.15, 0.2) is 11.6 Å². The minimum Gasteiger partial charge on any atom is -0.545 e. The van der Waals surface area contributed by atoms with Gasteiger partial charge < -0.3 is 9.90 Å². The largest absolute Gasteiger partial charge is 1.00 e. The van der Waals surface area contributed by atoms with Gasteiger partial charge in [0.2, 0.25) is 0 Å². The summed E-state index contributed by atoms with van der Waals surface area (Å²) < 4.78 is 0. The fourth-order valence-electron chi connectivity index (χ4n) is 0.691. The first-order valence-electron chi connectivity index (χ1n) is 3.62. The monoisotopic (exact) mass is 164 g/mol. The van der Waals surface area contributed by atoms with Crippen molar-refractivity contribution < 1.29 is 39.5 Å². The smallest absolute Gasteiger partial charge is 0.545 e. The van der Waals surface area contributed by atoms with Crippen LogP contribution in [-0.2, 0) is 4.79 Å². The molecule has 58 valence electrons. The quantitative estimate of drug-likeness (QED) is 0.352. The predicted molar refractivity (Wildman–Crippen MR) is 38.3 cm³/mol. The summed E-state index contributed by atoms with van der Waals surface area (Å²) in [5, 5.41) is 10.3. The number of hydrogen-bond acceptors (Lipinski definition) is 2. The minimum absolute atomic E-state index is 0. The first-order chi connectivity index (χ1) is 4.72. The Balaban J connectivity index is 0. The molecule has 0 N–H and O–H groups in total. The molecule has 0 radical (unpaired) electrons. The molecule has 0 aromatic carbocycles. The van der Waals surface area contributed by atoms with E-state index in [0.29, 0.717) is 12.0 Å². The zero-order valence-corrected chi connectivity index (χ0v) is 9.52. The second-order valence-electron chi connectivity index (χ2n) is 2.16. The minimum atomic E-state index is -1.03. The Labute approximate surface area is 90.0 Å². The van der Waals surface area contributed by atoms with Crippen LogP contribution in [0.1, 0.15) is 33.1 Å². The number of aliphatic carboxylic acids is 1. The van der Waals surface area contributed by atoms with Gasteiger partial charge in [0.25, 0.3) is 0 Å². The number of rotatable bonds is 4. The Hall–Kier alpha value is 0.210. The normalized spacial score (nSPS) is 10.5. The van der Waals surface area contributed by atoms with E-state index in [9.17, 15) is 9.90 Å². The van der Waals surface area contributed by atoms with Crippen molar-refractivity contribution >= 4 is 5.97 Å². The summed E-state index contributed by atoms with van der Waals surface area (Å²) in [5.41, 5.74) is 0.418. The maximum atomic E-state index is 10.3. The molecule has 0 rings (SSSR count). The number of carboxylic acids is 1. The SMILES string of the molecule is CCCC=C(CC)C(=O)[O-].[Na+]. The summed E-state index contributed by atoms with van der Waals surface area (Å²) in [5.74, 6) is -1.03. The van der Waals surface area contributed by atoms with Gasteiger partial charge in [0.05, 0.1) is 5.97 Å². The van der Waals surface area contributed by atoms with E-state index in [1.807, 2.05) is 13.8 Å². The second-order valence-corrected chi connectivity index (χ2v) is 2.16. The number of carbonyl (C=O) groups is 1. The molecule has 0 aliphatic carbocycles. The van der Waals surface area contributed by atoms with Crippen LogP contribution in [0.5, 0.6) is 0 Å². The van der Waals surface area contributed by atoms with E-state index in [-0.39, 0.29) is 29.6 Å². The standard InChI is InChI=1S/C8H14O2.Na/c1-3-5-6-7(4-2)8(9)10;/h6H,3-5H2,1-2H3,(H,9,10);/q;+1/p-1. The van der Waals surface area contributed by atoms with Crippen LogP contribution in [0.3, 0.4) is 0 Å². The third kappa shape index (κ3) is 6.60. The molecular weight excluding hydrogens is 151 g/mol. The molecule has 0 unspecified atom stereocenters. The summed E-state index contributed by atoms with van der Waals surface area (Å²) in [6.45, 7) is 3.83. The van der Waals surface area contributed by atoms with Gasteiger partial charge in [-0.1, -0.05) is 26.3 Å². The number of carboxylic acid groups (broad SMARTS) is 1. The molecule has 11 heavy (non-hydrogen) atoms. The molecule has 0 aromatic heterocycles. The van der Waals surface area contributed by atoms with Gasteiger partial charge in [-0.15, -0.1) is 0 Å². The third-order valence-corrected chi connectivity index (χ3v) is 1.32. The maximum absolute atomic E-state index is 10.3. The number of unbranched alkanes of at least 4 members (excludes halogenated alkanes) is 1. The second kappa shape index (κ2) is 8.31. The Kier molecular flexibility index (Phi) is 10.4. The first kappa shape index (κ1) is 13.8. The van der Waals surface area contributed by atoms with Crippen molar-refractivity contribution in [3.8, 4) is 0 Å². The molecule has 0 aromatic rings. The van der Waals surface area contributed by atoms with Crippen LogP contribution in [-0.4, -0.2) is 5.97 Å². The zero-order chi connectivity index (χ0) is 7.98. The van der Waals surface area contributed by atoms with Gasteiger partial charge in [0.15, 0.2) is 0 Å². The van der Waals surface area contributed by atoms with Gasteiger partial charge in [0, 0.05) is 0 Å². The molecule has 3 heteroatoms.